The lowest BCUT2D eigenvalue weighted by Crippen LogP contribution is -2.48. The maximum atomic E-state index is 12.4. The van der Waals surface area contributed by atoms with Crippen LogP contribution in [-0.2, 0) is 21.4 Å². The third-order valence-electron chi connectivity index (χ3n) is 3.01. The predicted molar refractivity (Wildman–Crippen MR) is 77.5 cm³/mol. The first kappa shape index (κ1) is 15.9. The van der Waals surface area contributed by atoms with Gasteiger partial charge in [-0.3, -0.25) is 0 Å². The second-order valence-corrected chi connectivity index (χ2v) is 7.00. The van der Waals surface area contributed by atoms with Gasteiger partial charge in [0.2, 0.25) is 0 Å². The zero-order chi connectivity index (χ0) is 14.8. The Morgan fingerprint density at radius 1 is 1.40 bits per heavy atom. The van der Waals surface area contributed by atoms with Crippen molar-refractivity contribution in [2.45, 2.75) is 18.4 Å². The molecule has 0 atom stereocenters. The Morgan fingerprint density at radius 3 is 2.65 bits per heavy atom. The number of morpholine rings is 1. The first-order valence-corrected chi connectivity index (χ1v) is 8.46. The van der Waals surface area contributed by atoms with Crippen LogP contribution in [0.1, 0.15) is 11.1 Å². The highest BCUT2D eigenvalue weighted by atomic mass is 79.9. The molecular weight excluding hydrogens is 348 g/mol. The third kappa shape index (κ3) is 3.57. The molecule has 0 saturated carbocycles. The van der Waals surface area contributed by atoms with Gasteiger partial charge in [0.25, 0.3) is 10.0 Å². The Balaban J connectivity index is 2.30. The van der Waals surface area contributed by atoms with Gasteiger partial charge in [0.1, 0.15) is 0 Å². The van der Waals surface area contributed by atoms with Crippen LogP contribution in [0.3, 0.4) is 0 Å². The summed E-state index contributed by atoms with van der Waals surface area (Å²) in [4.78, 5) is 2.68. The number of nitrogens with zero attached hydrogens (tertiary/aromatic N) is 1. The van der Waals surface area contributed by atoms with Crippen molar-refractivity contribution in [1.29, 1.82) is 0 Å². The summed E-state index contributed by atoms with van der Waals surface area (Å²) in [5.41, 5.74) is 1.33. The normalized spacial score (nSPS) is 17.4. The number of benzene rings is 1. The highest BCUT2D eigenvalue weighted by molar-refractivity contribution is 9.10. The van der Waals surface area contributed by atoms with E-state index in [9.17, 15) is 13.5 Å². The Kier molecular flexibility index (Phi) is 5.16. The number of nitrogens with one attached hydrogen (secondary N) is 1. The molecule has 0 aromatic heterocycles. The van der Waals surface area contributed by atoms with E-state index in [2.05, 4.69) is 20.8 Å². The van der Waals surface area contributed by atoms with E-state index in [1.54, 1.807) is 18.0 Å². The number of hydrazine groups is 1. The predicted octanol–water partition coefficient (Wildman–Crippen LogP) is 0.775. The number of aliphatic hydroxyl groups excluding tert-OH is 1. The molecular formula is C12H17BrN2O4S. The first-order valence-electron chi connectivity index (χ1n) is 6.19. The molecule has 1 aromatic carbocycles. The summed E-state index contributed by atoms with van der Waals surface area (Å²) in [6.07, 6.45) is 0. The summed E-state index contributed by atoms with van der Waals surface area (Å²) in [6, 6.07) is 3.22. The van der Waals surface area contributed by atoms with E-state index in [0.717, 1.165) is 5.56 Å². The van der Waals surface area contributed by atoms with Crippen LogP contribution in [0.5, 0.6) is 0 Å². The zero-order valence-corrected chi connectivity index (χ0v) is 13.5. The van der Waals surface area contributed by atoms with Crippen LogP contribution in [-0.4, -0.2) is 44.8 Å². The fraction of sp³-hybridized carbons (Fsp3) is 0.500. The van der Waals surface area contributed by atoms with Crippen molar-refractivity contribution < 1.29 is 18.3 Å². The van der Waals surface area contributed by atoms with Crippen LogP contribution in [0.4, 0.5) is 0 Å². The van der Waals surface area contributed by atoms with Gasteiger partial charge in [-0.05, 0) is 40.0 Å². The molecule has 2 N–H and O–H groups in total. The molecule has 1 aliphatic rings. The van der Waals surface area contributed by atoms with Crippen LogP contribution in [0.25, 0.3) is 0 Å². The van der Waals surface area contributed by atoms with Crippen LogP contribution in [0.15, 0.2) is 21.5 Å². The minimum Gasteiger partial charge on any atom is -0.392 e. The molecule has 0 spiro atoms. The van der Waals surface area contributed by atoms with Crippen molar-refractivity contribution in [2.24, 2.45) is 0 Å². The SMILES string of the molecule is Cc1cc(CO)cc(S(=O)(=O)NN2CCOCC2)c1Br. The summed E-state index contributed by atoms with van der Waals surface area (Å²) in [5.74, 6) is 0. The maximum absolute atomic E-state index is 12.4. The largest absolute Gasteiger partial charge is 0.392 e. The number of halogens is 1. The number of aliphatic hydroxyl groups is 1. The average Bonchev–Trinajstić information content (AvgIpc) is 2.42. The summed E-state index contributed by atoms with van der Waals surface area (Å²) in [5, 5.41) is 10.8. The molecule has 20 heavy (non-hydrogen) atoms. The Hall–Kier alpha value is -0.510. The van der Waals surface area contributed by atoms with Crippen molar-refractivity contribution in [2.75, 3.05) is 26.3 Å². The molecule has 1 aliphatic heterocycles. The Labute approximate surface area is 126 Å². The Morgan fingerprint density at radius 2 is 2.05 bits per heavy atom. The van der Waals surface area contributed by atoms with Crippen molar-refractivity contribution >= 4 is 26.0 Å². The van der Waals surface area contributed by atoms with Crippen LogP contribution >= 0.6 is 15.9 Å². The second-order valence-electron chi connectivity index (χ2n) is 4.58. The number of ether oxygens (including phenoxy) is 1. The molecule has 1 aromatic rings. The minimum absolute atomic E-state index is 0.132. The monoisotopic (exact) mass is 364 g/mol. The molecule has 8 heteroatoms. The van der Waals surface area contributed by atoms with Gasteiger partial charge < -0.3 is 9.84 Å². The molecule has 112 valence electrons. The molecule has 1 heterocycles. The van der Waals surface area contributed by atoms with Gasteiger partial charge in [0.15, 0.2) is 0 Å². The number of hydrogen-bond donors (Lipinski definition) is 2. The first-order chi connectivity index (χ1) is 9.44. The van der Waals surface area contributed by atoms with E-state index >= 15 is 0 Å². The quantitative estimate of drug-likeness (QED) is 0.824. The molecule has 2 rings (SSSR count). The summed E-state index contributed by atoms with van der Waals surface area (Å²) in [6.45, 7) is 3.61. The lowest BCUT2D eigenvalue weighted by atomic mass is 10.1. The van der Waals surface area contributed by atoms with Gasteiger partial charge in [0.05, 0.1) is 24.7 Å². The van der Waals surface area contributed by atoms with Gasteiger partial charge in [-0.25, -0.2) is 13.4 Å². The van der Waals surface area contributed by atoms with Gasteiger partial charge in [0, 0.05) is 17.6 Å². The zero-order valence-electron chi connectivity index (χ0n) is 11.1. The van der Waals surface area contributed by atoms with E-state index in [-0.39, 0.29) is 11.5 Å². The van der Waals surface area contributed by atoms with Gasteiger partial charge in [-0.15, -0.1) is 4.83 Å². The second kappa shape index (κ2) is 6.50. The third-order valence-corrected chi connectivity index (χ3v) is 5.73. The van der Waals surface area contributed by atoms with E-state index in [4.69, 9.17) is 4.74 Å². The van der Waals surface area contributed by atoms with E-state index in [1.807, 2.05) is 0 Å². The van der Waals surface area contributed by atoms with Gasteiger partial charge >= 0.3 is 0 Å². The lowest BCUT2D eigenvalue weighted by Gasteiger charge is -2.27. The molecule has 0 aliphatic carbocycles. The number of aryl methyl sites for hydroxylation is 1. The molecule has 0 unspecified atom stereocenters. The molecule has 0 bridgehead atoms. The van der Waals surface area contributed by atoms with Crippen molar-refractivity contribution in [3.05, 3.63) is 27.7 Å². The Bertz CT molecular complexity index is 585. The van der Waals surface area contributed by atoms with Crippen molar-refractivity contribution in [1.82, 2.24) is 9.84 Å². The topological polar surface area (TPSA) is 78.9 Å². The smallest absolute Gasteiger partial charge is 0.254 e. The average molecular weight is 365 g/mol. The molecule has 0 radical (unpaired) electrons. The highest BCUT2D eigenvalue weighted by Gasteiger charge is 2.23. The minimum atomic E-state index is -3.68. The van der Waals surface area contributed by atoms with E-state index in [0.29, 0.717) is 36.3 Å². The van der Waals surface area contributed by atoms with Crippen molar-refractivity contribution in [3.8, 4) is 0 Å². The molecule has 1 saturated heterocycles. The van der Waals surface area contributed by atoms with Crippen LogP contribution in [0.2, 0.25) is 0 Å². The van der Waals surface area contributed by atoms with Gasteiger partial charge in [-0.2, -0.15) is 0 Å². The summed E-state index contributed by atoms with van der Waals surface area (Å²) in [7, 11) is -3.68. The molecule has 1 fully saturated rings. The standard InChI is InChI=1S/C12H17BrN2O4S/c1-9-6-10(8-16)7-11(12(9)13)20(17,18)14-15-2-4-19-5-3-15/h6-7,14,16H,2-5,8H2,1H3. The fourth-order valence-corrected chi connectivity index (χ4v) is 4.16. The van der Waals surface area contributed by atoms with E-state index in [1.165, 1.54) is 6.07 Å². The molecule has 0 amide bonds. The maximum Gasteiger partial charge on any atom is 0.254 e. The number of sulfonamides is 1. The van der Waals surface area contributed by atoms with Crippen molar-refractivity contribution in [3.63, 3.8) is 0 Å². The van der Waals surface area contributed by atoms with Gasteiger partial charge in [-0.1, -0.05) is 6.07 Å². The number of hydrogen-bond acceptors (Lipinski definition) is 5. The number of rotatable bonds is 4. The van der Waals surface area contributed by atoms with Crippen LogP contribution in [0, 0.1) is 6.92 Å². The summed E-state index contributed by atoms with van der Waals surface area (Å²) >= 11 is 3.30. The molecule has 6 nitrogen and oxygen atoms in total. The summed E-state index contributed by atoms with van der Waals surface area (Å²) < 4.78 is 30.6. The van der Waals surface area contributed by atoms with E-state index < -0.39 is 10.0 Å². The lowest BCUT2D eigenvalue weighted by molar-refractivity contribution is 0.0272. The highest BCUT2D eigenvalue weighted by Crippen LogP contribution is 2.27. The van der Waals surface area contributed by atoms with Crippen LogP contribution < -0.4 is 4.83 Å². The fourth-order valence-electron chi connectivity index (χ4n) is 1.97.